The van der Waals surface area contributed by atoms with Crippen molar-refractivity contribution in [3.05, 3.63) is 17.0 Å². The Balaban J connectivity index is 1.70. The van der Waals surface area contributed by atoms with Gasteiger partial charge in [0.2, 0.25) is 5.91 Å². The van der Waals surface area contributed by atoms with Gasteiger partial charge in [0.15, 0.2) is 0 Å². The first-order chi connectivity index (χ1) is 10.8. The summed E-state index contributed by atoms with van der Waals surface area (Å²) in [7, 11) is 0. The second-order valence-electron chi connectivity index (χ2n) is 5.92. The monoisotopic (exact) mass is 348 g/mol. The summed E-state index contributed by atoms with van der Waals surface area (Å²) in [4.78, 5) is 21.5. The highest BCUT2D eigenvalue weighted by Crippen LogP contribution is 2.38. The molecule has 1 aliphatic heterocycles. The van der Waals surface area contributed by atoms with Crippen LogP contribution in [0.2, 0.25) is 5.15 Å². The lowest BCUT2D eigenvalue weighted by atomic mass is 10.0. The van der Waals surface area contributed by atoms with Crippen LogP contribution in [-0.4, -0.2) is 46.1 Å². The number of halogens is 4. The van der Waals surface area contributed by atoms with Crippen molar-refractivity contribution in [1.82, 2.24) is 14.9 Å². The van der Waals surface area contributed by atoms with Crippen LogP contribution in [0, 0.1) is 0 Å². The molecule has 3 rings (SSSR count). The molecule has 23 heavy (non-hydrogen) atoms. The fraction of sp³-hybridized carbons (Fsp3) is 0.643. The number of piperidine rings is 1. The number of aromatic nitrogens is 2. The van der Waals surface area contributed by atoms with E-state index in [0.717, 1.165) is 17.7 Å². The molecule has 1 aromatic rings. The van der Waals surface area contributed by atoms with Crippen molar-refractivity contribution in [2.75, 3.05) is 18.4 Å². The zero-order valence-corrected chi connectivity index (χ0v) is 13.0. The van der Waals surface area contributed by atoms with Crippen LogP contribution in [0.3, 0.4) is 0 Å². The number of amides is 1. The Kier molecular flexibility index (Phi) is 4.35. The molecule has 0 bridgehead atoms. The third-order valence-electron chi connectivity index (χ3n) is 3.88. The Morgan fingerprint density at radius 1 is 1.30 bits per heavy atom. The molecule has 0 spiro atoms. The number of likely N-dealkylation sites (tertiary alicyclic amines) is 1. The largest absolute Gasteiger partial charge is 0.406 e. The third-order valence-corrected chi connectivity index (χ3v) is 4.07. The van der Waals surface area contributed by atoms with E-state index >= 15 is 0 Å². The molecule has 2 aliphatic rings. The topological polar surface area (TPSA) is 58.1 Å². The van der Waals surface area contributed by atoms with Crippen LogP contribution in [-0.2, 0) is 4.79 Å². The van der Waals surface area contributed by atoms with E-state index in [1.165, 1.54) is 6.07 Å². The van der Waals surface area contributed by atoms with Gasteiger partial charge >= 0.3 is 6.18 Å². The summed E-state index contributed by atoms with van der Waals surface area (Å²) < 4.78 is 37.6. The number of nitrogens with one attached hydrogen (secondary N) is 1. The minimum Gasteiger partial charge on any atom is -0.358 e. The molecule has 5 nitrogen and oxygen atoms in total. The Bertz CT molecular complexity index is 606. The van der Waals surface area contributed by atoms with Gasteiger partial charge in [0.05, 0.1) is 0 Å². The van der Waals surface area contributed by atoms with E-state index in [1.807, 2.05) is 0 Å². The fourth-order valence-electron chi connectivity index (χ4n) is 2.66. The quantitative estimate of drug-likeness (QED) is 0.850. The van der Waals surface area contributed by atoms with Gasteiger partial charge in [-0.15, -0.1) is 0 Å². The number of alkyl halides is 3. The number of carbonyl (C=O) groups is 1. The van der Waals surface area contributed by atoms with Gasteiger partial charge in [0.25, 0.3) is 0 Å². The first-order valence-corrected chi connectivity index (χ1v) is 7.86. The van der Waals surface area contributed by atoms with E-state index in [9.17, 15) is 18.0 Å². The van der Waals surface area contributed by atoms with Gasteiger partial charge < -0.3 is 10.2 Å². The smallest absolute Gasteiger partial charge is 0.358 e. The number of carbonyl (C=O) groups excluding carboxylic acids is 1. The second-order valence-corrected chi connectivity index (χ2v) is 6.31. The second kappa shape index (κ2) is 6.14. The van der Waals surface area contributed by atoms with E-state index < -0.39 is 24.7 Å². The highest BCUT2D eigenvalue weighted by molar-refractivity contribution is 6.29. The van der Waals surface area contributed by atoms with Crippen LogP contribution >= 0.6 is 11.6 Å². The SMILES string of the molecule is O=C1C(Nc2cc(Cl)nc(C3CC3)n2)CCCN1CC(F)(F)F. The maximum absolute atomic E-state index is 12.5. The summed E-state index contributed by atoms with van der Waals surface area (Å²) >= 11 is 5.96. The fourth-order valence-corrected chi connectivity index (χ4v) is 2.85. The minimum absolute atomic E-state index is 0.119. The average Bonchev–Trinajstić information content (AvgIpc) is 3.26. The molecule has 1 aliphatic carbocycles. The van der Waals surface area contributed by atoms with Crippen molar-refractivity contribution >= 4 is 23.3 Å². The Morgan fingerprint density at radius 3 is 2.70 bits per heavy atom. The van der Waals surface area contributed by atoms with E-state index in [4.69, 9.17) is 11.6 Å². The van der Waals surface area contributed by atoms with Crippen molar-refractivity contribution in [3.63, 3.8) is 0 Å². The summed E-state index contributed by atoms with van der Waals surface area (Å²) in [5.74, 6) is 0.740. The average molecular weight is 349 g/mol. The third kappa shape index (κ3) is 4.25. The zero-order chi connectivity index (χ0) is 16.6. The van der Waals surface area contributed by atoms with E-state index in [1.54, 1.807) is 0 Å². The molecule has 1 unspecified atom stereocenters. The number of hydrogen-bond donors (Lipinski definition) is 1. The molecule has 1 atom stereocenters. The molecule has 0 aromatic carbocycles. The van der Waals surface area contributed by atoms with Crippen LogP contribution in [0.5, 0.6) is 0 Å². The van der Waals surface area contributed by atoms with Gasteiger partial charge in [-0.25, -0.2) is 9.97 Å². The maximum atomic E-state index is 12.5. The number of hydrogen-bond acceptors (Lipinski definition) is 4. The van der Waals surface area contributed by atoms with E-state index in [-0.39, 0.29) is 17.6 Å². The lowest BCUT2D eigenvalue weighted by molar-refractivity contribution is -0.163. The lowest BCUT2D eigenvalue weighted by Gasteiger charge is -2.33. The normalized spacial score (nSPS) is 22.3. The molecule has 2 fully saturated rings. The molecular formula is C14H16ClF3N4O. The van der Waals surface area contributed by atoms with Crippen LogP contribution in [0.25, 0.3) is 0 Å². The molecule has 1 aromatic heterocycles. The summed E-state index contributed by atoms with van der Waals surface area (Å²) in [6, 6.07) is 0.771. The van der Waals surface area contributed by atoms with Crippen LogP contribution in [0.1, 0.15) is 37.4 Å². The number of nitrogens with zero attached hydrogens (tertiary/aromatic N) is 3. The van der Waals surface area contributed by atoms with Gasteiger partial charge in [-0.2, -0.15) is 13.2 Å². The number of rotatable bonds is 4. The molecule has 2 heterocycles. The van der Waals surface area contributed by atoms with Crippen LogP contribution in [0.15, 0.2) is 6.07 Å². The van der Waals surface area contributed by atoms with Crippen LogP contribution < -0.4 is 5.32 Å². The summed E-state index contributed by atoms with van der Waals surface area (Å²) in [6.45, 7) is -1.10. The predicted molar refractivity (Wildman–Crippen MR) is 78.3 cm³/mol. The van der Waals surface area contributed by atoms with E-state index in [2.05, 4.69) is 15.3 Å². The first-order valence-electron chi connectivity index (χ1n) is 7.48. The molecular weight excluding hydrogens is 333 g/mol. The van der Waals surface area contributed by atoms with Crippen molar-refractivity contribution in [3.8, 4) is 0 Å². The predicted octanol–water partition coefficient (Wildman–Crippen LogP) is 2.97. The summed E-state index contributed by atoms with van der Waals surface area (Å²) in [6.07, 6.45) is -1.42. The van der Waals surface area contributed by atoms with Crippen molar-refractivity contribution < 1.29 is 18.0 Å². The van der Waals surface area contributed by atoms with Gasteiger partial charge in [-0.3, -0.25) is 4.79 Å². The zero-order valence-electron chi connectivity index (χ0n) is 12.2. The van der Waals surface area contributed by atoms with Crippen molar-refractivity contribution in [2.45, 2.75) is 43.8 Å². The van der Waals surface area contributed by atoms with Crippen molar-refractivity contribution in [1.29, 1.82) is 0 Å². The summed E-state index contributed by atoms with van der Waals surface area (Å²) in [5.41, 5.74) is 0. The molecule has 1 amide bonds. The standard InChI is InChI=1S/C14H16ClF3N4O/c15-10-6-11(21-12(20-10)8-3-4-8)19-9-2-1-5-22(13(9)23)7-14(16,17)18/h6,8-9H,1-5,7H2,(H,19,20,21). The van der Waals surface area contributed by atoms with E-state index in [0.29, 0.717) is 24.5 Å². The Labute approximate surface area is 136 Å². The molecule has 1 saturated heterocycles. The lowest BCUT2D eigenvalue weighted by Crippen LogP contribution is -2.50. The van der Waals surface area contributed by atoms with Crippen LogP contribution in [0.4, 0.5) is 19.0 Å². The molecule has 9 heteroatoms. The van der Waals surface area contributed by atoms with Gasteiger partial charge in [0.1, 0.15) is 29.4 Å². The minimum atomic E-state index is -4.39. The van der Waals surface area contributed by atoms with Crippen molar-refractivity contribution in [2.24, 2.45) is 0 Å². The molecule has 126 valence electrons. The summed E-state index contributed by atoms with van der Waals surface area (Å²) in [5, 5.41) is 3.18. The first kappa shape index (κ1) is 16.3. The molecule has 0 radical (unpaired) electrons. The van der Waals surface area contributed by atoms with Gasteiger partial charge in [-0.05, 0) is 25.7 Å². The maximum Gasteiger partial charge on any atom is 0.406 e. The Hall–Kier alpha value is -1.57. The Morgan fingerprint density at radius 2 is 2.04 bits per heavy atom. The number of anilines is 1. The molecule has 1 N–H and O–H groups in total. The van der Waals surface area contributed by atoms with Gasteiger partial charge in [0, 0.05) is 18.5 Å². The highest BCUT2D eigenvalue weighted by Gasteiger charge is 2.37. The van der Waals surface area contributed by atoms with Gasteiger partial charge in [-0.1, -0.05) is 11.6 Å². The highest BCUT2D eigenvalue weighted by atomic mass is 35.5. The molecule has 1 saturated carbocycles.